The fourth-order valence-electron chi connectivity index (χ4n) is 13.7. The molecule has 6 aromatic carbocycles. The molecule has 1 spiro atoms. The van der Waals surface area contributed by atoms with Crippen LogP contribution in [0.5, 0.6) is 0 Å². The Morgan fingerprint density at radius 2 is 1.27 bits per heavy atom. The lowest BCUT2D eigenvalue weighted by atomic mass is 9.72. The first-order valence-electron chi connectivity index (χ1n) is 33.3. The Morgan fingerprint density at radius 1 is 0.650 bits per heavy atom. The molecule has 542 valence electrons. The minimum Gasteiger partial charge on any atom is -0.446 e. The van der Waals surface area contributed by atoms with Crippen molar-refractivity contribution in [3.05, 3.63) is 185 Å². The Balaban J connectivity index is 0.00000468. The first-order chi connectivity index (χ1) is 46.5. The number of rotatable bonds is 26. The summed E-state index contributed by atoms with van der Waals surface area (Å²) < 4.78 is 116. The highest BCUT2D eigenvalue weighted by Gasteiger charge is 2.50. The molecule has 10 rings (SSSR count). The third kappa shape index (κ3) is 20.4. The molecule has 0 bridgehead atoms. The highest BCUT2D eigenvalue weighted by atomic mass is 35.5. The van der Waals surface area contributed by atoms with Gasteiger partial charge >= 0.3 is 18.4 Å². The quantitative estimate of drug-likeness (QED) is 0.0394. The number of likely N-dealkylation sites (N-methyl/N-ethyl adjacent to an activating group) is 2. The maximum absolute atomic E-state index is 14.2. The second-order valence-corrected chi connectivity index (χ2v) is 25.9. The molecular formula is C74H88Cl3F7N8O8. The molecule has 2 atom stereocenters. The van der Waals surface area contributed by atoms with Crippen molar-refractivity contribution < 1.29 is 68.9 Å². The number of nitrogens with one attached hydrogen (secondary N) is 2. The number of alkyl halides is 6. The third-order valence-electron chi connectivity index (χ3n) is 19.6. The van der Waals surface area contributed by atoms with Crippen molar-refractivity contribution in [1.82, 2.24) is 24.5 Å². The zero-order valence-electron chi connectivity index (χ0n) is 56.3. The molecule has 4 aliphatic rings. The van der Waals surface area contributed by atoms with Gasteiger partial charge in [0.2, 0.25) is 17.7 Å². The number of likely N-dealkylation sites (tertiary alicyclic amines) is 2. The number of carbonyl (C=O) groups excluding carboxylic acids is 5. The van der Waals surface area contributed by atoms with Crippen molar-refractivity contribution in [2.75, 3.05) is 115 Å². The molecule has 5 amide bonds. The van der Waals surface area contributed by atoms with Crippen LogP contribution in [0.4, 0.5) is 52.6 Å². The van der Waals surface area contributed by atoms with E-state index in [1.165, 1.54) is 24.3 Å². The van der Waals surface area contributed by atoms with Crippen LogP contribution in [0.3, 0.4) is 0 Å². The zero-order valence-corrected chi connectivity index (χ0v) is 58.8. The van der Waals surface area contributed by atoms with E-state index in [2.05, 4.69) is 32.6 Å². The van der Waals surface area contributed by atoms with Gasteiger partial charge in [0, 0.05) is 108 Å². The molecule has 2 N–H and O–H groups in total. The van der Waals surface area contributed by atoms with Crippen molar-refractivity contribution in [1.29, 1.82) is 0 Å². The average Bonchev–Trinajstić information content (AvgIpc) is 1.58. The smallest absolute Gasteiger partial charge is 0.416 e. The van der Waals surface area contributed by atoms with Gasteiger partial charge in [-0.2, -0.15) is 26.3 Å². The van der Waals surface area contributed by atoms with Gasteiger partial charge in [-0.05, 0) is 154 Å². The molecule has 6 aromatic rings. The first-order valence-corrected chi connectivity index (χ1v) is 33.3. The maximum Gasteiger partial charge on any atom is 0.416 e. The van der Waals surface area contributed by atoms with Crippen molar-refractivity contribution in [3.63, 3.8) is 0 Å². The summed E-state index contributed by atoms with van der Waals surface area (Å²) in [4.78, 5) is 77.2. The SMILES string of the molecule is CN(CCN1CCC(OC(=O)Nc2ccccc2-c2ccccc2)CC1)C(=O)CCCCCNc1ccc(N(C)C(=O)CCCN(C)C(=O)CO[C@H]2Cc3ccccc3C23CCN(CC[C@@]2(c4ccc(F)cc4)CN(C(=O)c4cc(C(F)(F)F)cc(C(F)(F)F)c4)CO2)CC3)cc1.Cl.Cl.Cl. The second kappa shape index (κ2) is 35.9. The summed E-state index contributed by atoms with van der Waals surface area (Å²) in [6, 6.07) is 39.6. The number of benzene rings is 6. The van der Waals surface area contributed by atoms with E-state index in [0.29, 0.717) is 88.2 Å². The van der Waals surface area contributed by atoms with Gasteiger partial charge in [-0.15, -0.1) is 37.2 Å². The predicted molar refractivity (Wildman–Crippen MR) is 378 cm³/mol. The molecule has 0 radical (unpaired) electrons. The van der Waals surface area contributed by atoms with Crippen LogP contribution < -0.4 is 15.5 Å². The number of hydrogen-bond acceptors (Lipinski definition) is 11. The standard InChI is InChI=1S/C74H85F7N8O8.3ClH/c1-84(37-14-22-67(91)86(3)60-29-27-59(28-30-60)82-36-13-5-8-21-66(90)85(2)43-44-87-38-31-61(32-39-87)97-70(94)83-64-20-12-10-18-62(64)52-15-6-4-7-16-52)68(92)49-95-65-47-53-17-9-11-19-63(53)71(65)33-40-88(41-34-71)42-35-72(55-23-25-58(75)26-24-55)50-89(51-96-72)69(93)54-45-56(73(76,77)78)48-57(46-54)74(79,80)81;;;/h4,6-7,9-12,15-20,23-30,45-46,48,61,65,82H,5,8,13-14,21-22,31-44,47,49-51H2,1-3H3,(H,83,94);3*1H/t65-,72-;;;/m0.../s1. The first kappa shape index (κ1) is 79.8. The van der Waals surface area contributed by atoms with Crippen LogP contribution in [0, 0.1) is 5.82 Å². The van der Waals surface area contributed by atoms with Gasteiger partial charge in [0.15, 0.2) is 0 Å². The second-order valence-electron chi connectivity index (χ2n) is 25.9. The number of unbranched alkanes of at least 4 members (excludes halogenated alkanes) is 2. The molecule has 100 heavy (non-hydrogen) atoms. The molecule has 0 unspecified atom stereocenters. The number of carbonyl (C=O) groups is 5. The lowest BCUT2D eigenvalue weighted by Crippen LogP contribution is -2.50. The topological polar surface area (TPSA) is 157 Å². The van der Waals surface area contributed by atoms with E-state index in [1.807, 2.05) is 98.0 Å². The van der Waals surface area contributed by atoms with Gasteiger partial charge in [-0.1, -0.05) is 91.3 Å². The Bertz CT molecular complexity index is 3650. The number of anilines is 3. The molecule has 3 fully saturated rings. The number of nitrogens with zero attached hydrogens (tertiary/aromatic N) is 6. The van der Waals surface area contributed by atoms with Gasteiger partial charge in [0.25, 0.3) is 5.91 Å². The third-order valence-corrected chi connectivity index (χ3v) is 19.6. The van der Waals surface area contributed by atoms with Gasteiger partial charge in [0.05, 0.1) is 29.5 Å². The van der Waals surface area contributed by atoms with Gasteiger partial charge in [0.1, 0.15) is 30.9 Å². The van der Waals surface area contributed by atoms with E-state index in [4.69, 9.17) is 14.2 Å². The van der Waals surface area contributed by atoms with Gasteiger partial charge < -0.3 is 48.9 Å². The van der Waals surface area contributed by atoms with E-state index in [-0.39, 0.29) is 99.2 Å². The number of hydrogen-bond donors (Lipinski definition) is 2. The summed E-state index contributed by atoms with van der Waals surface area (Å²) in [6.45, 7) is 4.85. The number of para-hydroxylation sites is 1. The molecule has 3 saturated heterocycles. The summed E-state index contributed by atoms with van der Waals surface area (Å²) in [5, 5.41) is 6.37. The summed E-state index contributed by atoms with van der Waals surface area (Å²) in [5.41, 5.74) is 1.39. The molecule has 1 aliphatic carbocycles. The van der Waals surface area contributed by atoms with Crippen LogP contribution in [0.1, 0.15) is 109 Å². The summed E-state index contributed by atoms with van der Waals surface area (Å²) in [7, 11) is 5.28. The average molecular weight is 1460 g/mol. The van der Waals surface area contributed by atoms with E-state index >= 15 is 0 Å². The molecule has 16 nitrogen and oxygen atoms in total. The van der Waals surface area contributed by atoms with Crippen LogP contribution in [0.15, 0.2) is 146 Å². The lowest BCUT2D eigenvalue weighted by molar-refractivity contribution is -0.143. The van der Waals surface area contributed by atoms with Gasteiger partial charge in [-0.25, -0.2) is 9.18 Å². The number of halogens is 10. The number of amides is 5. The van der Waals surface area contributed by atoms with Crippen LogP contribution in [-0.4, -0.2) is 166 Å². The predicted octanol–water partition coefficient (Wildman–Crippen LogP) is 14.5. The molecule has 0 aromatic heterocycles. The Morgan fingerprint density at radius 3 is 1.95 bits per heavy atom. The monoisotopic (exact) mass is 1450 g/mol. The lowest BCUT2D eigenvalue weighted by Gasteiger charge is -2.44. The van der Waals surface area contributed by atoms with Crippen molar-refractivity contribution in [2.24, 2.45) is 0 Å². The molecular weight excluding hydrogens is 1370 g/mol. The highest BCUT2D eigenvalue weighted by molar-refractivity contribution is 5.95. The molecule has 0 saturated carbocycles. The van der Waals surface area contributed by atoms with Crippen LogP contribution >= 0.6 is 37.2 Å². The number of ether oxygens (including phenoxy) is 3. The maximum atomic E-state index is 14.2. The van der Waals surface area contributed by atoms with Crippen LogP contribution in [0.25, 0.3) is 11.1 Å². The Kier molecular flexibility index (Phi) is 28.6. The normalized spacial score (nSPS) is 17.6. The highest BCUT2D eigenvalue weighted by Crippen LogP contribution is 2.49. The van der Waals surface area contributed by atoms with Crippen molar-refractivity contribution >= 4 is 84.0 Å². The summed E-state index contributed by atoms with van der Waals surface area (Å²) in [5.74, 6) is -1.80. The Labute approximate surface area is 598 Å². The number of fused-ring (bicyclic) bond motifs is 2. The minimum atomic E-state index is -5.15. The van der Waals surface area contributed by atoms with Gasteiger partial charge in [-0.3, -0.25) is 24.5 Å². The van der Waals surface area contributed by atoms with E-state index in [0.717, 1.165) is 96.8 Å². The van der Waals surface area contributed by atoms with E-state index in [9.17, 15) is 54.7 Å². The fourth-order valence-corrected chi connectivity index (χ4v) is 13.7. The molecule has 3 heterocycles. The summed E-state index contributed by atoms with van der Waals surface area (Å²) in [6.07, 6.45) is -3.89. The minimum absolute atomic E-state index is 0. The summed E-state index contributed by atoms with van der Waals surface area (Å²) >= 11 is 0. The van der Waals surface area contributed by atoms with E-state index in [1.54, 1.807) is 28.8 Å². The number of piperidine rings is 2. The van der Waals surface area contributed by atoms with Crippen molar-refractivity contribution in [2.45, 2.75) is 113 Å². The van der Waals surface area contributed by atoms with Crippen molar-refractivity contribution in [3.8, 4) is 11.1 Å². The van der Waals surface area contributed by atoms with Crippen LogP contribution in [-0.2, 0) is 58.4 Å². The largest absolute Gasteiger partial charge is 0.446 e. The van der Waals surface area contributed by atoms with Crippen LogP contribution in [0.2, 0.25) is 0 Å². The zero-order chi connectivity index (χ0) is 68.9. The fraction of sp³-hybridized carbons (Fsp3) is 0.446. The Hall–Kier alpha value is -7.51. The van der Waals surface area contributed by atoms with E-state index < -0.39 is 64.6 Å². The molecule has 3 aliphatic heterocycles. The molecule has 26 heteroatoms.